The predicted octanol–water partition coefficient (Wildman–Crippen LogP) is 1.79. The Morgan fingerprint density at radius 3 is 2.58 bits per heavy atom. The molecule has 19 heavy (non-hydrogen) atoms. The highest BCUT2D eigenvalue weighted by molar-refractivity contribution is 5.53. The molecule has 2 bridgehead atoms. The van der Waals surface area contributed by atoms with E-state index in [1.165, 1.54) is 6.20 Å². The first-order valence-corrected chi connectivity index (χ1v) is 6.63. The van der Waals surface area contributed by atoms with Gasteiger partial charge >= 0.3 is 0 Å². The van der Waals surface area contributed by atoms with Gasteiger partial charge in [-0.25, -0.2) is 4.98 Å². The maximum Gasteiger partial charge on any atom is 0.287 e. The van der Waals surface area contributed by atoms with Crippen molar-refractivity contribution in [3.63, 3.8) is 0 Å². The lowest BCUT2D eigenvalue weighted by Gasteiger charge is -2.38. The number of hydrogen-bond donors (Lipinski definition) is 1. The number of anilines is 1. The molecule has 2 fully saturated rings. The lowest BCUT2D eigenvalue weighted by Crippen LogP contribution is -2.45. The molecule has 2 unspecified atom stereocenters. The van der Waals surface area contributed by atoms with Crippen LogP contribution in [0.1, 0.15) is 31.2 Å². The maximum absolute atomic E-state index is 10.7. The van der Waals surface area contributed by atoms with Crippen LogP contribution in [0.2, 0.25) is 0 Å². The van der Waals surface area contributed by atoms with E-state index in [1.807, 2.05) is 6.92 Å². The number of aliphatic hydroxyl groups excluding tert-OH is 1. The number of rotatable bonds is 2. The van der Waals surface area contributed by atoms with Crippen LogP contribution in [0, 0.1) is 17.0 Å². The van der Waals surface area contributed by atoms with Gasteiger partial charge in [-0.15, -0.1) is 0 Å². The zero-order valence-corrected chi connectivity index (χ0v) is 10.8. The SMILES string of the molecule is Cc1cc([N+](=O)[O-])cnc1N1C2CCC1CC(O)C2. The molecule has 0 radical (unpaired) electrons. The van der Waals surface area contributed by atoms with E-state index in [4.69, 9.17) is 0 Å². The Hall–Kier alpha value is -1.69. The van der Waals surface area contributed by atoms with Crippen LogP contribution in [0.3, 0.4) is 0 Å². The molecule has 6 heteroatoms. The fraction of sp³-hybridized carbons (Fsp3) is 0.615. The number of hydrogen-bond acceptors (Lipinski definition) is 5. The average molecular weight is 263 g/mol. The van der Waals surface area contributed by atoms with Gasteiger partial charge in [0.25, 0.3) is 5.69 Å². The van der Waals surface area contributed by atoms with Gasteiger partial charge in [0.05, 0.1) is 11.0 Å². The summed E-state index contributed by atoms with van der Waals surface area (Å²) in [6, 6.07) is 2.22. The minimum atomic E-state index is -0.418. The van der Waals surface area contributed by atoms with E-state index in [1.54, 1.807) is 6.07 Å². The quantitative estimate of drug-likeness (QED) is 0.650. The first-order valence-electron chi connectivity index (χ1n) is 6.63. The van der Waals surface area contributed by atoms with Crippen molar-refractivity contribution in [3.05, 3.63) is 27.9 Å². The summed E-state index contributed by atoms with van der Waals surface area (Å²) in [4.78, 5) is 16.9. The molecule has 0 aromatic carbocycles. The third-order valence-electron chi connectivity index (χ3n) is 4.20. The van der Waals surface area contributed by atoms with Crippen molar-refractivity contribution in [2.45, 2.75) is 50.8 Å². The molecule has 0 spiro atoms. The molecular weight excluding hydrogens is 246 g/mol. The zero-order valence-electron chi connectivity index (χ0n) is 10.8. The van der Waals surface area contributed by atoms with Gasteiger partial charge in [-0.2, -0.15) is 0 Å². The third-order valence-corrected chi connectivity index (χ3v) is 4.20. The van der Waals surface area contributed by atoms with Gasteiger partial charge in [0.2, 0.25) is 0 Å². The van der Waals surface area contributed by atoms with Crippen LogP contribution >= 0.6 is 0 Å². The second-order valence-electron chi connectivity index (χ2n) is 5.51. The standard InChI is InChI=1S/C13H17N3O3/c1-8-4-11(16(18)19)7-14-13(8)15-9-2-3-10(15)6-12(17)5-9/h4,7,9-10,12,17H,2-3,5-6H2,1H3. The van der Waals surface area contributed by atoms with Crippen molar-refractivity contribution in [3.8, 4) is 0 Å². The molecule has 2 atom stereocenters. The Balaban J connectivity index is 1.93. The molecule has 0 amide bonds. The van der Waals surface area contributed by atoms with E-state index in [9.17, 15) is 15.2 Å². The van der Waals surface area contributed by atoms with Crippen LogP contribution in [0.5, 0.6) is 0 Å². The fourth-order valence-corrected chi connectivity index (χ4v) is 3.42. The Labute approximate surface area is 111 Å². The lowest BCUT2D eigenvalue weighted by molar-refractivity contribution is -0.385. The Morgan fingerprint density at radius 2 is 2.05 bits per heavy atom. The first-order chi connectivity index (χ1) is 9.06. The third kappa shape index (κ3) is 2.06. The molecule has 2 aliphatic rings. The summed E-state index contributed by atoms with van der Waals surface area (Å²) in [6.45, 7) is 1.86. The number of aliphatic hydroxyl groups is 1. The summed E-state index contributed by atoms with van der Waals surface area (Å²) in [6.07, 6.45) is 4.79. The fourth-order valence-electron chi connectivity index (χ4n) is 3.42. The molecule has 2 aliphatic heterocycles. The summed E-state index contributed by atoms with van der Waals surface area (Å²) in [7, 11) is 0. The number of fused-ring (bicyclic) bond motifs is 2. The minimum absolute atomic E-state index is 0.0330. The molecule has 0 aliphatic carbocycles. The zero-order chi connectivity index (χ0) is 13.6. The van der Waals surface area contributed by atoms with E-state index in [0.29, 0.717) is 12.1 Å². The lowest BCUT2D eigenvalue weighted by atomic mass is 9.99. The smallest absolute Gasteiger partial charge is 0.287 e. The topological polar surface area (TPSA) is 79.5 Å². The van der Waals surface area contributed by atoms with Crippen molar-refractivity contribution in [2.75, 3.05) is 4.90 Å². The number of aromatic nitrogens is 1. The highest BCUT2D eigenvalue weighted by Crippen LogP contribution is 2.39. The highest BCUT2D eigenvalue weighted by Gasteiger charge is 2.41. The van der Waals surface area contributed by atoms with Crippen LogP contribution in [0.4, 0.5) is 11.5 Å². The van der Waals surface area contributed by atoms with E-state index in [-0.39, 0.29) is 11.8 Å². The molecule has 1 aromatic rings. The molecule has 1 N–H and O–H groups in total. The van der Waals surface area contributed by atoms with E-state index in [0.717, 1.165) is 37.1 Å². The van der Waals surface area contributed by atoms with Crippen LogP contribution in [0.25, 0.3) is 0 Å². The van der Waals surface area contributed by atoms with Crippen LogP contribution in [-0.4, -0.2) is 33.2 Å². The largest absolute Gasteiger partial charge is 0.393 e. The summed E-state index contributed by atoms with van der Waals surface area (Å²) >= 11 is 0. The predicted molar refractivity (Wildman–Crippen MR) is 70.2 cm³/mol. The number of piperidine rings is 1. The van der Waals surface area contributed by atoms with Gasteiger partial charge in [0, 0.05) is 18.2 Å². The Morgan fingerprint density at radius 1 is 1.42 bits per heavy atom. The van der Waals surface area contributed by atoms with Gasteiger partial charge in [-0.3, -0.25) is 10.1 Å². The number of aryl methyl sites for hydroxylation is 1. The summed E-state index contributed by atoms with van der Waals surface area (Å²) in [5.41, 5.74) is 0.869. The molecule has 102 valence electrons. The summed E-state index contributed by atoms with van der Waals surface area (Å²) in [5.74, 6) is 0.838. The summed E-state index contributed by atoms with van der Waals surface area (Å²) < 4.78 is 0. The number of pyridine rings is 1. The van der Waals surface area contributed by atoms with Gasteiger partial charge in [-0.1, -0.05) is 0 Å². The van der Waals surface area contributed by atoms with Gasteiger partial charge in [0.15, 0.2) is 0 Å². The monoisotopic (exact) mass is 263 g/mol. The molecule has 6 nitrogen and oxygen atoms in total. The molecular formula is C13H17N3O3. The molecule has 3 heterocycles. The molecule has 1 aromatic heterocycles. The van der Waals surface area contributed by atoms with Crippen molar-refractivity contribution in [1.82, 2.24) is 4.98 Å². The normalized spacial score (nSPS) is 29.6. The van der Waals surface area contributed by atoms with Gasteiger partial charge in [0.1, 0.15) is 12.0 Å². The minimum Gasteiger partial charge on any atom is -0.393 e. The van der Waals surface area contributed by atoms with Crippen molar-refractivity contribution in [1.29, 1.82) is 0 Å². The van der Waals surface area contributed by atoms with Crippen LogP contribution in [-0.2, 0) is 0 Å². The molecule has 3 rings (SSSR count). The highest BCUT2D eigenvalue weighted by atomic mass is 16.6. The first kappa shape index (κ1) is 12.3. The molecule has 2 saturated heterocycles. The van der Waals surface area contributed by atoms with Gasteiger partial charge in [-0.05, 0) is 38.2 Å². The van der Waals surface area contributed by atoms with E-state index in [2.05, 4.69) is 9.88 Å². The van der Waals surface area contributed by atoms with Gasteiger partial charge < -0.3 is 10.0 Å². The average Bonchev–Trinajstić information content (AvgIpc) is 2.62. The Bertz CT molecular complexity index is 506. The number of nitro groups is 1. The second kappa shape index (κ2) is 4.45. The van der Waals surface area contributed by atoms with Crippen LogP contribution in [0.15, 0.2) is 12.3 Å². The maximum atomic E-state index is 10.7. The summed E-state index contributed by atoms with van der Waals surface area (Å²) in [5, 5.41) is 20.5. The second-order valence-corrected chi connectivity index (χ2v) is 5.51. The van der Waals surface area contributed by atoms with Crippen molar-refractivity contribution in [2.24, 2.45) is 0 Å². The van der Waals surface area contributed by atoms with E-state index >= 15 is 0 Å². The van der Waals surface area contributed by atoms with Crippen molar-refractivity contribution < 1.29 is 10.0 Å². The van der Waals surface area contributed by atoms with Crippen molar-refractivity contribution >= 4 is 11.5 Å². The number of nitrogens with zero attached hydrogens (tertiary/aromatic N) is 3. The van der Waals surface area contributed by atoms with Crippen LogP contribution < -0.4 is 4.90 Å². The van der Waals surface area contributed by atoms with E-state index < -0.39 is 4.92 Å². The molecule has 0 saturated carbocycles. The Kier molecular flexibility index (Phi) is 2.89.